The minimum absolute atomic E-state index is 0.603. The molecule has 1 N–H and O–H groups in total. The van der Waals surface area contributed by atoms with Crippen LogP contribution in [-0.4, -0.2) is 32.9 Å². The lowest BCUT2D eigenvalue weighted by molar-refractivity contribution is 0.354. The molecule has 5 nitrogen and oxygen atoms in total. The van der Waals surface area contributed by atoms with Gasteiger partial charge in [-0.15, -0.1) is 0 Å². The Morgan fingerprint density at radius 3 is 2.48 bits per heavy atom. The molecular formula is C16H20N2O3. The minimum atomic E-state index is 0.603. The van der Waals surface area contributed by atoms with Gasteiger partial charge in [-0.05, 0) is 30.2 Å². The van der Waals surface area contributed by atoms with E-state index < -0.39 is 0 Å². The summed E-state index contributed by atoms with van der Waals surface area (Å²) in [6, 6.07) is 9.74. The number of anilines is 1. The van der Waals surface area contributed by atoms with Gasteiger partial charge < -0.3 is 19.5 Å². The van der Waals surface area contributed by atoms with Crippen LogP contribution in [-0.2, 0) is 6.42 Å². The SMILES string of the molecule is COc1cc(NCCc2ccc(OC)c(OC)c2)ccn1. The van der Waals surface area contributed by atoms with E-state index in [0.717, 1.165) is 30.2 Å². The Bertz CT molecular complexity index is 587. The predicted octanol–water partition coefficient (Wildman–Crippen LogP) is 2.76. The summed E-state index contributed by atoms with van der Waals surface area (Å²) in [4.78, 5) is 4.07. The quantitative estimate of drug-likeness (QED) is 0.849. The van der Waals surface area contributed by atoms with Gasteiger partial charge in [0, 0.05) is 24.5 Å². The van der Waals surface area contributed by atoms with Gasteiger partial charge in [0.05, 0.1) is 21.3 Å². The molecule has 0 atom stereocenters. The predicted molar refractivity (Wildman–Crippen MR) is 82.5 cm³/mol. The van der Waals surface area contributed by atoms with E-state index in [1.54, 1.807) is 27.5 Å². The third-order valence-electron chi connectivity index (χ3n) is 3.13. The first-order valence-corrected chi connectivity index (χ1v) is 6.71. The molecule has 0 radical (unpaired) electrons. The van der Waals surface area contributed by atoms with E-state index >= 15 is 0 Å². The summed E-state index contributed by atoms with van der Waals surface area (Å²) in [6.07, 6.45) is 2.60. The number of rotatable bonds is 7. The van der Waals surface area contributed by atoms with Crippen LogP contribution in [0.5, 0.6) is 17.4 Å². The van der Waals surface area contributed by atoms with Crippen LogP contribution < -0.4 is 19.5 Å². The van der Waals surface area contributed by atoms with E-state index in [0.29, 0.717) is 5.88 Å². The monoisotopic (exact) mass is 288 g/mol. The van der Waals surface area contributed by atoms with Gasteiger partial charge in [0.15, 0.2) is 11.5 Å². The fourth-order valence-electron chi connectivity index (χ4n) is 2.02. The number of benzene rings is 1. The van der Waals surface area contributed by atoms with Gasteiger partial charge in [-0.3, -0.25) is 0 Å². The van der Waals surface area contributed by atoms with Gasteiger partial charge >= 0.3 is 0 Å². The van der Waals surface area contributed by atoms with Crippen LogP contribution in [0, 0.1) is 0 Å². The van der Waals surface area contributed by atoms with Crippen LogP contribution in [0.2, 0.25) is 0 Å². The lowest BCUT2D eigenvalue weighted by Gasteiger charge is -2.10. The second kappa shape index (κ2) is 7.38. The molecule has 1 aromatic carbocycles. The number of nitrogens with one attached hydrogen (secondary N) is 1. The molecule has 5 heteroatoms. The molecule has 0 aliphatic carbocycles. The highest BCUT2D eigenvalue weighted by Gasteiger charge is 2.04. The lowest BCUT2D eigenvalue weighted by atomic mass is 10.1. The number of hydrogen-bond donors (Lipinski definition) is 1. The first-order valence-electron chi connectivity index (χ1n) is 6.71. The third-order valence-corrected chi connectivity index (χ3v) is 3.13. The van der Waals surface area contributed by atoms with Gasteiger partial charge in [0.2, 0.25) is 5.88 Å². The highest BCUT2D eigenvalue weighted by Crippen LogP contribution is 2.27. The topological polar surface area (TPSA) is 52.6 Å². The molecule has 21 heavy (non-hydrogen) atoms. The molecule has 0 fully saturated rings. The number of methoxy groups -OCH3 is 3. The lowest BCUT2D eigenvalue weighted by Crippen LogP contribution is -2.05. The smallest absolute Gasteiger partial charge is 0.214 e. The largest absolute Gasteiger partial charge is 0.493 e. The summed E-state index contributed by atoms with van der Waals surface area (Å²) in [5.74, 6) is 2.10. The first-order chi connectivity index (χ1) is 10.3. The van der Waals surface area contributed by atoms with Crippen LogP contribution in [0.15, 0.2) is 36.5 Å². The van der Waals surface area contributed by atoms with Crippen molar-refractivity contribution in [2.75, 3.05) is 33.2 Å². The van der Waals surface area contributed by atoms with Gasteiger partial charge in [-0.2, -0.15) is 0 Å². The number of nitrogens with zero attached hydrogens (tertiary/aromatic N) is 1. The zero-order valence-corrected chi connectivity index (χ0v) is 12.6. The highest BCUT2D eigenvalue weighted by molar-refractivity contribution is 5.46. The molecule has 1 heterocycles. The van der Waals surface area contributed by atoms with Crippen molar-refractivity contribution in [1.82, 2.24) is 4.98 Å². The summed E-state index contributed by atoms with van der Waals surface area (Å²) in [5, 5.41) is 3.34. The molecule has 0 saturated carbocycles. The maximum absolute atomic E-state index is 5.30. The average molecular weight is 288 g/mol. The molecule has 0 unspecified atom stereocenters. The number of hydrogen-bond acceptors (Lipinski definition) is 5. The average Bonchev–Trinajstić information content (AvgIpc) is 2.55. The summed E-state index contributed by atoms with van der Waals surface area (Å²) in [5.41, 5.74) is 2.17. The normalized spacial score (nSPS) is 10.0. The molecular weight excluding hydrogens is 268 g/mol. The number of aromatic nitrogens is 1. The Labute approximate surface area is 124 Å². The second-order valence-corrected chi connectivity index (χ2v) is 4.45. The number of ether oxygens (including phenoxy) is 3. The Kier molecular flexibility index (Phi) is 5.26. The van der Waals surface area contributed by atoms with Crippen molar-refractivity contribution in [2.24, 2.45) is 0 Å². The van der Waals surface area contributed by atoms with Crippen molar-refractivity contribution in [3.05, 3.63) is 42.1 Å². The molecule has 2 rings (SSSR count). The van der Waals surface area contributed by atoms with Crippen molar-refractivity contribution in [3.8, 4) is 17.4 Å². The van der Waals surface area contributed by atoms with Crippen molar-refractivity contribution in [1.29, 1.82) is 0 Å². The van der Waals surface area contributed by atoms with Crippen molar-refractivity contribution in [3.63, 3.8) is 0 Å². The fourth-order valence-corrected chi connectivity index (χ4v) is 2.02. The Hall–Kier alpha value is -2.43. The van der Waals surface area contributed by atoms with E-state index in [9.17, 15) is 0 Å². The maximum Gasteiger partial charge on any atom is 0.214 e. The van der Waals surface area contributed by atoms with Crippen molar-refractivity contribution >= 4 is 5.69 Å². The highest BCUT2D eigenvalue weighted by atomic mass is 16.5. The summed E-state index contributed by atoms with van der Waals surface area (Å²) in [7, 11) is 4.88. The minimum Gasteiger partial charge on any atom is -0.493 e. The van der Waals surface area contributed by atoms with Crippen molar-refractivity contribution < 1.29 is 14.2 Å². The van der Waals surface area contributed by atoms with E-state index in [1.807, 2.05) is 30.3 Å². The first kappa shape index (κ1) is 15.0. The van der Waals surface area contributed by atoms with Crippen LogP contribution in [0.25, 0.3) is 0 Å². The molecule has 0 amide bonds. The van der Waals surface area contributed by atoms with Gasteiger partial charge in [-0.1, -0.05) is 6.07 Å². The molecule has 2 aromatic rings. The second-order valence-electron chi connectivity index (χ2n) is 4.45. The number of pyridine rings is 1. The summed E-state index contributed by atoms with van der Waals surface area (Å²) < 4.78 is 15.6. The molecule has 0 spiro atoms. The molecule has 1 aromatic heterocycles. The molecule has 0 aliphatic heterocycles. The molecule has 0 bridgehead atoms. The van der Waals surface area contributed by atoms with Crippen LogP contribution in [0.3, 0.4) is 0 Å². The van der Waals surface area contributed by atoms with E-state index in [4.69, 9.17) is 14.2 Å². The van der Waals surface area contributed by atoms with E-state index in [1.165, 1.54) is 5.56 Å². The van der Waals surface area contributed by atoms with Gasteiger partial charge in [0.1, 0.15) is 0 Å². The van der Waals surface area contributed by atoms with Crippen LogP contribution in [0.1, 0.15) is 5.56 Å². The Balaban J connectivity index is 1.93. The molecule has 112 valence electrons. The Morgan fingerprint density at radius 1 is 0.952 bits per heavy atom. The van der Waals surface area contributed by atoms with E-state index in [-0.39, 0.29) is 0 Å². The van der Waals surface area contributed by atoms with Gasteiger partial charge in [0.25, 0.3) is 0 Å². The van der Waals surface area contributed by atoms with Crippen LogP contribution in [0.4, 0.5) is 5.69 Å². The standard InChI is InChI=1S/C16H20N2O3/c1-19-14-5-4-12(10-15(14)20-2)6-8-17-13-7-9-18-16(11-13)21-3/h4-5,7,9-11H,6,8H2,1-3H3,(H,17,18). The fraction of sp³-hybridized carbons (Fsp3) is 0.312. The van der Waals surface area contributed by atoms with Gasteiger partial charge in [-0.25, -0.2) is 4.98 Å². The zero-order valence-electron chi connectivity index (χ0n) is 12.6. The molecule has 0 aliphatic rings. The third kappa shape index (κ3) is 4.02. The summed E-state index contributed by atoms with van der Waals surface area (Å²) in [6.45, 7) is 0.808. The zero-order chi connectivity index (χ0) is 15.1. The van der Waals surface area contributed by atoms with Crippen LogP contribution >= 0.6 is 0 Å². The maximum atomic E-state index is 5.30. The van der Waals surface area contributed by atoms with E-state index in [2.05, 4.69) is 10.3 Å². The summed E-state index contributed by atoms with van der Waals surface area (Å²) >= 11 is 0. The Morgan fingerprint density at radius 2 is 1.76 bits per heavy atom. The molecule has 0 saturated heterocycles. The van der Waals surface area contributed by atoms with Crippen molar-refractivity contribution in [2.45, 2.75) is 6.42 Å².